The zero-order chi connectivity index (χ0) is 17.6. The van der Waals surface area contributed by atoms with Gasteiger partial charge in [0, 0.05) is 31.8 Å². The van der Waals surface area contributed by atoms with Crippen molar-refractivity contribution in [1.29, 1.82) is 0 Å². The average molecular weight is 350 g/mol. The molecule has 1 N–H and O–H groups in total. The lowest BCUT2D eigenvalue weighted by molar-refractivity contribution is -0.887. The number of para-hydroxylation sites is 1. The van der Waals surface area contributed by atoms with Crippen molar-refractivity contribution >= 4 is 39.9 Å². The predicted molar refractivity (Wildman–Crippen MR) is 98.5 cm³/mol. The maximum absolute atomic E-state index is 11.9. The van der Waals surface area contributed by atoms with E-state index in [9.17, 15) is 9.90 Å². The van der Waals surface area contributed by atoms with Gasteiger partial charge in [-0.2, -0.15) is 0 Å². The number of hydrogen-bond donors (Lipinski definition) is 1. The van der Waals surface area contributed by atoms with E-state index in [2.05, 4.69) is 32.2 Å². The maximum atomic E-state index is 11.9. The Labute approximate surface area is 150 Å². The Kier molecular flexibility index (Phi) is 3.90. The molecule has 0 saturated carbocycles. The lowest BCUT2D eigenvalue weighted by Gasteiger charge is -2.27. The fraction of sp³-hybridized carbons (Fsp3) is 0.200. The van der Waals surface area contributed by atoms with E-state index in [4.69, 9.17) is 4.98 Å². The summed E-state index contributed by atoms with van der Waals surface area (Å²) in [5, 5.41) is 12.6. The first-order chi connectivity index (χ1) is 12.0. The van der Waals surface area contributed by atoms with Gasteiger partial charge in [-0.15, -0.1) is 11.3 Å². The Bertz CT molecular complexity index is 1020. The summed E-state index contributed by atoms with van der Waals surface area (Å²) in [7, 11) is 2.07. The fourth-order valence-corrected chi connectivity index (χ4v) is 4.36. The van der Waals surface area contributed by atoms with Crippen molar-refractivity contribution < 1.29 is 14.8 Å². The highest BCUT2D eigenvalue weighted by molar-refractivity contribution is 7.12. The van der Waals surface area contributed by atoms with E-state index >= 15 is 0 Å². The fourth-order valence-electron chi connectivity index (χ4n) is 3.52. The molecule has 0 fully saturated rings. The van der Waals surface area contributed by atoms with Crippen LogP contribution in [0.3, 0.4) is 0 Å². The summed E-state index contributed by atoms with van der Waals surface area (Å²) >= 11 is 1.73. The zero-order valence-electron chi connectivity index (χ0n) is 14.1. The number of aryl methyl sites for hydroxylation is 1. The van der Waals surface area contributed by atoms with Gasteiger partial charge in [0.15, 0.2) is 0 Å². The SMILES string of the molecule is Cc1ccc(/C=C2/C[NH+](C)Cc3c2nc2ccccc2c3C(=O)[O-])s1. The van der Waals surface area contributed by atoms with E-state index in [-0.39, 0.29) is 5.56 Å². The second-order valence-electron chi connectivity index (χ2n) is 6.55. The van der Waals surface area contributed by atoms with Crippen LogP contribution in [-0.2, 0) is 6.54 Å². The molecule has 0 amide bonds. The first-order valence-corrected chi connectivity index (χ1v) is 9.06. The number of carboxylic acid groups (broad SMARTS) is 1. The largest absolute Gasteiger partial charge is 0.545 e. The number of nitrogens with zero attached hydrogens (tertiary/aromatic N) is 1. The molecule has 3 heterocycles. The summed E-state index contributed by atoms with van der Waals surface area (Å²) in [6.07, 6.45) is 2.14. The van der Waals surface area contributed by atoms with Crippen molar-refractivity contribution in [2.24, 2.45) is 0 Å². The number of pyridine rings is 1. The van der Waals surface area contributed by atoms with Gasteiger partial charge in [0.25, 0.3) is 0 Å². The molecule has 126 valence electrons. The summed E-state index contributed by atoms with van der Waals surface area (Å²) in [5.74, 6) is -1.13. The highest BCUT2D eigenvalue weighted by Crippen LogP contribution is 2.30. The molecule has 5 heteroatoms. The third kappa shape index (κ3) is 2.86. The number of carbonyl (C=O) groups excluding carboxylic acids is 1. The smallest absolute Gasteiger partial charge is 0.106 e. The molecule has 4 rings (SSSR count). The highest BCUT2D eigenvalue weighted by Gasteiger charge is 2.27. The standard InChI is InChI=1S/C20H18N2O2S/c1-12-7-8-14(25-12)9-13-10-22(2)11-16-18(20(23)24)15-5-3-4-6-17(15)21-19(13)16/h3-9H,10-11H2,1-2H3,(H,23,24)/b13-9-. The second-order valence-corrected chi connectivity index (χ2v) is 7.87. The van der Waals surface area contributed by atoms with E-state index in [1.807, 2.05) is 24.3 Å². The van der Waals surface area contributed by atoms with Crippen LogP contribution in [0.2, 0.25) is 0 Å². The molecule has 1 unspecified atom stereocenters. The third-order valence-corrected chi connectivity index (χ3v) is 5.50. The first-order valence-electron chi connectivity index (χ1n) is 8.24. The van der Waals surface area contributed by atoms with Crippen LogP contribution in [0.15, 0.2) is 36.4 Å². The Morgan fingerprint density at radius 1 is 1.24 bits per heavy atom. The molecule has 0 spiro atoms. The minimum Gasteiger partial charge on any atom is -0.545 e. The highest BCUT2D eigenvalue weighted by atomic mass is 32.1. The van der Waals surface area contributed by atoms with Crippen LogP contribution in [0.5, 0.6) is 0 Å². The normalized spacial score (nSPS) is 18.5. The minimum atomic E-state index is -1.13. The van der Waals surface area contributed by atoms with Crippen molar-refractivity contribution in [3.8, 4) is 0 Å². The van der Waals surface area contributed by atoms with Gasteiger partial charge in [-0.3, -0.25) is 0 Å². The average Bonchev–Trinajstić information content (AvgIpc) is 2.97. The summed E-state index contributed by atoms with van der Waals surface area (Å²) in [6.45, 7) is 3.54. The number of carbonyl (C=O) groups is 1. The number of aromatic carboxylic acids is 1. The molecule has 1 aliphatic heterocycles. The van der Waals surface area contributed by atoms with Crippen LogP contribution in [-0.4, -0.2) is 24.5 Å². The van der Waals surface area contributed by atoms with Gasteiger partial charge >= 0.3 is 0 Å². The molecular weight excluding hydrogens is 332 g/mol. The number of quaternary nitrogens is 1. The van der Waals surface area contributed by atoms with Crippen molar-refractivity contribution in [2.75, 3.05) is 13.6 Å². The second kappa shape index (κ2) is 6.10. The third-order valence-electron chi connectivity index (χ3n) is 4.55. The predicted octanol–water partition coefficient (Wildman–Crippen LogP) is 1.54. The van der Waals surface area contributed by atoms with Crippen molar-refractivity contribution in [1.82, 2.24) is 4.98 Å². The van der Waals surface area contributed by atoms with Gasteiger partial charge in [-0.1, -0.05) is 18.2 Å². The van der Waals surface area contributed by atoms with Crippen LogP contribution in [0.25, 0.3) is 22.6 Å². The lowest BCUT2D eigenvalue weighted by atomic mass is 9.93. The summed E-state index contributed by atoms with van der Waals surface area (Å²) in [4.78, 5) is 20.4. The molecular formula is C20H18N2O2S. The van der Waals surface area contributed by atoms with Crippen molar-refractivity contribution in [3.05, 3.63) is 63.0 Å². The molecule has 1 atom stereocenters. The summed E-state index contributed by atoms with van der Waals surface area (Å²) in [6, 6.07) is 11.6. The molecule has 0 saturated heterocycles. The molecule has 2 aromatic heterocycles. The Morgan fingerprint density at radius 2 is 2.04 bits per heavy atom. The number of fused-ring (bicyclic) bond motifs is 2. The van der Waals surface area contributed by atoms with Gasteiger partial charge in [0.2, 0.25) is 0 Å². The summed E-state index contributed by atoms with van der Waals surface area (Å²) in [5.41, 5.74) is 3.64. The van der Waals surface area contributed by atoms with Crippen LogP contribution in [0.1, 0.15) is 31.4 Å². The zero-order valence-corrected chi connectivity index (χ0v) is 14.9. The van der Waals surface area contributed by atoms with Crippen molar-refractivity contribution in [3.63, 3.8) is 0 Å². The van der Waals surface area contributed by atoms with E-state index in [0.29, 0.717) is 17.4 Å². The first kappa shape index (κ1) is 16.0. The number of likely N-dealkylation sites (N-methyl/N-ethyl adjacent to an activating group) is 1. The van der Waals surface area contributed by atoms with Gasteiger partial charge in [0.05, 0.1) is 24.2 Å². The molecule has 25 heavy (non-hydrogen) atoms. The summed E-state index contributed by atoms with van der Waals surface area (Å²) < 4.78 is 0. The number of nitrogens with one attached hydrogen (secondary N) is 1. The van der Waals surface area contributed by atoms with Crippen molar-refractivity contribution in [2.45, 2.75) is 13.5 Å². The number of rotatable bonds is 2. The van der Waals surface area contributed by atoms with Gasteiger partial charge in [-0.25, -0.2) is 4.98 Å². The molecule has 1 aliphatic rings. The Hall–Kier alpha value is -2.50. The number of carboxylic acids is 1. The monoisotopic (exact) mass is 350 g/mol. The van der Waals surface area contributed by atoms with E-state index in [1.54, 1.807) is 11.3 Å². The van der Waals surface area contributed by atoms with Crippen LogP contribution in [0, 0.1) is 6.92 Å². The molecule has 3 aromatic rings. The van der Waals surface area contributed by atoms with Crippen LogP contribution in [0.4, 0.5) is 0 Å². The van der Waals surface area contributed by atoms with E-state index in [0.717, 1.165) is 28.3 Å². The van der Waals surface area contributed by atoms with Gasteiger partial charge in [0.1, 0.15) is 13.1 Å². The topological polar surface area (TPSA) is 57.5 Å². The number of benzene rings is 1. The van der Waals surface area contributed by atoms with Gasteiger partial charge < -0.3 is 14.8 Å². The van der Waals surface area contributed by atoms with Gasteiger partial charge in [-0.05, 0) is 31.2 Å². The molecule has 0 bridgehead atoms. The maximum Gasteiger partial charge on any atom is 0.106 e. The molecule has 4 nitrogen and oxygen atoms in total. The molecule has 0 aliphatic carbocycles. The van der Waals surface area contributed by atoms with E-state index < -0.39 is 5.97 Å². The lowest BCUT2D eigenvalue weighted by Crippen LogP contribution is -3.08. The van der Waals surface area contributed by atoms with Crippen LogP contribution >= 0.6 is 11.3 Å². The van der Waals surface area contributed by atoms with Crippen LogP contribution < -0.4 is 10.0 Å². The number of aromatic nitrogens is 1. The minimum absolute atomic E-state index is 0.285. The number of hydrogen-bond acceptors (Lipinski definition) is 4. The number of thiophene rings is 1. The molecule has 0 radical (unpaired) electrons. The molecule has 1 aromatic carbocycles. The Morgan fingerprint density at radius 3 is 2.76 bits per heavy atom. The van der Waals surface area contributed by atoms with E-state index in [1.165, 1.54) is 9.78 Å². The Balaban J connectivity index is 2.00. The quantitative estimate of drug-likeness (QED) is 0.763.